The quantitative estimate of drug-likeness (QED) is 0.468. The van der Waals surface area contributed by atoms with Crippen molar-refractivity contribution in [3.8, 4) is 0 Å². The van der Waals surface area contributed by atoms with Crippen LogP contribution in [0.15, 0.2) is 0 Å². The van der Waals surface area contributed by atoms with Gasteiger partial charge in [-0.15, -0.1) is 0 Å². The van der Waals surface area contributed by atoms with Gasteiger partial charge < -0.3 is 18.9 Å². The second kappa shape index (κ2) is 8.78. The summed E-state index contributed by atoms with van der Waals surface area (Å²) in [7, 11) is 0. The molecule has 0 N–H and O–H groups in total. The lowest BCUT2D eigenvalue weighted by Gasteiger charge is -2.28. The number of fused-ring (bicyclic) bond motifs is 2. The number of carbonyl (C=O) groups excluding carboxylic acids is 2. The van der Waals surface area contributed by atoms with E-state index in [4.69, 9.17) is 18.9 Å². The minimum atomic E-state index is -0.546. The molecule has 0 aliphatic carbocycles. The van der Waals surface area contributed by atoms with E-state index in [1.54, 1.807) is 0 Å². The lowest BCUT2D eigenvalue weighted by Crippen LogP contribution is -2.39. The van der Waals surface area contributed by atoms with Crippen molar-refractivity contribution < 1.29 is 28.5 Å². The maximum absolute atomic E-state index is 11.4. The summed E-state index contributed by atoms with van der Waals surface area (Å²) < 4.78 is 22.5. The van der Waals surface area contributed by atoms with Crippen molar-refractivity contribution in [1.29, 1.82) is 0 Å². The minimum Gasteiger partial charge on any atom is -0.459 e. The first kappa shape index (κ1) is 19.1. The molecular weight excluding hydrogens is 436 g/mol. The first-order chi connectivity index (χ1) is 10.9. The number of ether oxygens (including phenoxy) is 4. The lowest BCUT2D eigenvalue weighted by atomic mass is 10.0. The summed E-state index contributed by atoms with van der Waals surface area (Å²) >= 11 is 7.25. The highest BCUT2D eigenvalue weighted by Crippen LogP contribution is 2.35. The number of carbonyl (C=O) groups is 2. The van der Waals surface area contributed by atoms with E-state index >= 15 is 0 Å². The molecule has 2 heterocycles. The monoisotopic (exact) mass is 456 g/mol. The van der Waals surface area contributed by atoms with Crippen molar-refractivity contribution in [2.75, 3.05) is 13.2 Å². The molecular formula is C15H22Br2O6. The fourth-order valence-electron chi connectivity index (χ4n) is 2.93. The minimum absolute atomic E-state index is 0.0348. The van der Waals surface area contributed by atoms with E-state index in [0.29, 0.717) is 26.1 Å². The summed E-state index contributed by atoms with van der Waals surface area (Å²) in [4.78, 5) is 23.1. The van der Waals surface area contributed by atoms with Gasteiger partial charge in [0.15, 0.2) is 0 Å². The first-order valence-electron chi connectivity index (χ1n) is 7.72. The smallest absolute Gasteiger partial charge is 0.303 e. The molecule has 6 atom stereocenters. The molecule has 2 aliphatic rings. The van der Waals surface area contributed by atoms with Gasteiger partial charge in [-0.1, -0.05) is 31.9 Å². The molecule has 0 amide bonds. The van der Waals surface area contributed by atoms with Gasteiger partial charge in [0.1, 0.15) is 12.2 Å². The third-order valence-electron chi connectivity index (χ3n) is 3.95. The molecule has 0 saturated carbocycles. The fraction of sp³-hybridized carbons (Fsp3) is 0.867. The van der Waals surface area contributed by atoms with Crippen LogP contribution in [0.4, 0.5) is 0 Å². The van der Waals surface area contributed by atoms with E-state index in [9.17, 15) is 9.59 Å². The predicted molar refractivity (Wildman–Crippen MR) is 89.9 cm³/mol. The number of alkyl halides is 2. The zero-order valence-corrected chi connectivity index (χ0v) is 16.4. The van der Waals surface area contributed by atoms with Crippen molar-refractivity contribution in [3.05, 3.63) is 0 Å². The van der Waals surface area contributed by atoms with Gasteiger partial charge in [-0.3, -0.25) is 9.59 Å². The van der Waals surface area contributed by atoms with Crippen LogP contribution in [0.5, 0.6) is 0 Å². The van der Waals surface area contributed by atoms with Gasteiger partial charge in [0.2, 0.25) is 0 Å². The van der Waals surface area contributed by atoms with E-state index in [2.05, 4.69) is 31.9 Å². The van der Waals surface area contributed by atoms with Crippen molar-refractivity contribution in [2.24, 2.45) is 0 Å². The van der Waals surface area contributed by atoms with Crippen molar-refractivity contribution in [1.82, 2.24) is 0 Å². The third-order valence-corrected chi connectivity index (χ3v) is 5.77. The molecule has 132 valence electrons. The van der Waals surface area contributed by atoms with Crippen LogP contribution in [0.2, 0.25) is 0 Å². The number of hydrogen-bond donors (Lipinski definition) is 0. The Labute approximate surface area is 152 Å². The molecule has 8 heteroatoms. The highest BCUT2D eigenvalue weighted by atomic mass is 79.9. The molecule has 0 aromatic rings. The molecule has 0 aromatic heterocycles. The van der Waals surface area contributed by atoms with Crippen molar-refractivity contribution in [3.63, 3.8) is 0 Å². The molecule has 6 nitrogen and oxygen atoms in total. The topological polar surface area (TPSA) is 71.1 Å². The standard InChI is InChI=1S/C15H22Br2O6/c1-8(18)21-12-3-4-20-7-11(17)13-5-10(16)14(23-13)6-15(12)22-9(2)19/h10-15H,3-7H2,1-2H3/t10-,11+,12-,13-,14-,15+/m0/s1. The number of hydrogen-bond acceptors (Lipinski definition) is 6. The van der Waals surface area contributed by atoms with Crippen molar-refractivity contribution in [2.45, 2.75) is 67.2 Å². The third kappa shape index (κ3) is 5.69. The van der Waals surface area contributed by atoms with Gasteiger partial charge in [0, 0.05) is 31.5 Å². The maximum Gasteiger partial charge on any atom is 0.303 e. The molecule has 0 unspecified atom stereocenters. The van der Waals surface area contributed by atoms with Crippen LogP contribution in [-0.2, 0) is 28.5 Å². The molecule has 2 aliphatic heterocycles. The summed E-state index contributed by atoms with van der Waals surface area (Å²) in [5.41, 5.74) is 0. The Bertz CT molecular complexity index is 432. The molecule has 2 saturated heterocycles. The number of rotatable bonds is 2. The predicted octanol–water partition coefficient (Wildman–Crippen LogP) is 2.34. The first-order valence-corrected chi connectivity index (χ1v) is 9.55. The summed E-state index contributed by atoms with van der Waals surface area (Å²) in [6.07, 6.45) is 0.634. The average Bonchev–Trinajstić information content (AvgIpc) is 2.80. The second-order valence-corrected chi connectivity index (χ2v) is 8.23. The zero-order chi connectivity index (χ0) is 17.0. The fourth-order valence-corrected chi connectivity index (χ4v) is 4.17. The van der Waals surface area contributed by atoms with Crippen LogP contribution >= 0.6 is 31.9 Å². The summed E-state index contributed by atoms with van der Waals surface area (Å²) in [5, 5.41) is 0. The van der Waals surface area contributed by atoms with Crippen LogP contribution in [0, 0.1) is 0 Å². The van der Waals surface area contributed by atoms with Crippen molar-refractivity contribution >= 4 is 43.8 Å². The molecule has 23 heavy (non-hydrogen) atoms. The summed E-state index contributed by atoms with van der Waals surface area (Å²) in [6, 6.07) is 0. The Morgan fingerprint density at radius 3 is 2.22 bits per heavy atom. The Kier molecular flexibility index (Phi) is 7.31. The average molecular weight is 458 g/mol. The molecule has 0 aromatic carbocycles. The Morgan fingerprint density at radius 1 is 0.957 bits per heavy atom. The molecule has 0 spiro atoms. The SMILES string of the molecule is CC(=O)O[C@H]1CCOC[C@@H](Br)[C@@H]2C[C@H](Br)[C@H](C[C@H]1OC(C)=O)O2. The van der Waals surface area contributed by atoms with Gasteiger partial charge in [0.25, 0.3) is 0 Å². The molecule has 2 bridgehead atoms. The van der Waals surface area contributed by atoms with Gasteiger partial charge in [-0.25, -0.2) is 0 Å². The lowest BCUT2D eigenvalue weighted by molar-refractivity contribution is -0.169. The Hall–Kier alpha value is -0.180. The Morgan fingerprint density at radius 2 is 1.57 bits per heavy atom. The molecule has 0 radical (unpaired) electrons. The van der Waals surface area contributed by atoms with Gasteiger partial charge >= 0.3 is 11.9 Å². The van der Waals surface area contributed by atoms with E-state index in [1.165, 1.54) is 13.8 Å². The van der Waals surface area contributed by atoms with Crippen LogP contribution in [0.3, 0.4) is 0 Å². The maximum atomic E-state index is 11.4. The van der Waals surface area contributed by atoms with Crippen LogP contribution < -0.4 is 0 Å². The van der Waals surface area contributed by atoms with Crippen LogP contribution in [0.1, 0.15) is 33.1 Å². The van der Waals surface area contributed by atoms with Gasteiger partial charge in [-0.05, 0) is 6.42 Å². The highest BCUT2D eigenvalue weighted by molar-refractivity contribution is 9.09. The van der Waals surface area contributed by atoms with Gasteiger partial charge in [-0.2, -0.15) is 0 Å². The van der Waals surface area contributed by atoms with E-state index in [0.717, 1.165) is 6.42 Å². The van der Waals surface area contributed by atoms with Crippen LogP contribution in [-0.4, -0.2) is 59.2 Å². The summed E-state index contributed by atoms with van der Waals surface area (Å²) in [6.45, 7) is 3.64. The van der Waals surface area contributed by atoms with Gasteiger partial charge in [0.05, 0.1) is 30.2 Å². The largest absolute Gasteiger partial charge is 0.459 e. The van der Waals surface area contributed by atoms with E-state index in [1.807, 2.05) is 0 Å². The van der Waals surface area contributed by atoms with E-state index < -0.39 is 24.1 Å². The summed E-state index contributed by atoms with van der Waals surface area (Å²) in [5.74, 6) is -0.803. The zero-order valence-electron chi connectivity index (χ0n) is 13.2. The highest BCUT2D eigenvalue weighted by Gasteiger charge is 2.41. The second-order valence-electron chi connectivity index (χ2n) is 5.88. The molecule has 2 rings (SSSR count). The molecule has 2 fully saturated rings. The number of halogens is 2. The van der Waals surface area contributed by atoms with E-state index in [-0.39, 0.29) is 21.9 Å². The van der Waals surface area contributed by atoms with Crippen LogP contribution in [0.25, 0.3) is 0 Å². The normalized spacial score (nSPS) is 38.4. The Balaban J connectivity index is 2.17. The number of esters is 2.